The summed E-state index contributed by atoms with van der Waals surface area (Å²) in [6.45, 7) is 10.3. The Bertz CT molecular complexity index is 134. The van der Waals surface area contributed by atoms with Gasteiger partial charge in [0.25, 0.3) is 0 Å². The Kier molecular flexibility index (Phi) is 4.43. The highest BCUT2D eigenvalue weighted by Gasteiger charge is 2.05. The van der Waals surface area contributed by atoms with E-state index < -0.39 is 0 Å². The van der Waals surface area contributed by atoms with Gasteiger partial charge in [0.15, 0.2) is 0 Å². The average molecular weight is 156 g/mol. The maximum atomic E-state index is 9.18. The minimum Gasteiger partial charge on any atom is -0.389 e. The number of hydrogen-bond acceptors (Lipinski definition) is 1. The Morgan fingerprint density at radius 2 is 1.64 bits per heavy atom. The Labute approximate surface area is 70.1 Å². The van der Waals surface area contributed by atoms with Crippen molar-refractivity contribution in [2.75, 3.05) is 0 Å². The largest absolute Gasteiger partial charge is 0.389 e. The van der Waals surface area contributed by atoms with Crippen LogP contribution in [0.25, 0.3) is 0 Å². The van der Waals surface area contributed by atoms with Crippen molar-refractivity contribution in [2.45, 2.75) is 40.7 Å². The number of hydrogen-bond donors (Lipinski definition) is 1. The van der Waals surface area contributed by atoms with Crippen LogP contribution in [-0.4, -0.2) is 11.2 Å². The molecule has 0 heterocycles. The summed E-state index contributed by atoms with van der Waals surface area (Å²) >= 11 is 0. The fourth-order valence-corrected chi connectivity index (χ4v) is 0.746. The number of rotatable bonds is 3. The molecule has 0 saturated carbocycles. The molecule has 0 amide bonds. The van der Waals surface area contributed by atoms with Crippen LogP contribution in [0.5, 0.6) is 0 Å². The molecule has 0 aliphatic heterocycles. The zero-order valence-corrected chi connectivity index (χ0v) is 8.26. The van der Waals surface area contributed by atoms with E-state index in [4.69, 9.17) is 0 Å². The summed E-state index contributed by atoms with van der Waals surface area (Å²) in [6.07, 6.45) is 1.85. The summed E-state index contributed by atoms with van der Waals surface area (Å²) in [5.74, 6) is 1.22. The van der Waals surface area contributed by atoms with Crippen LogP contribution in [-0.2, 0) is 0 Å². The molecule has 0 radical (unpaired) electrons. The Balaban J connectivity index is 4.07. The van der Waals surface area contributed by atoms with Gasteiger partial charge in [0, 0.05) is 0 Å². The van der Waals surface area contributed by atoms with Crippen molar-refractivity contribution in [1.82, 2.24) is 0 Å². The van der Waals surface area contributed by atoms with Crippen LogP contribution >= 0.6 is 0 Å². The highest BCUT2D eigenvalue weighted by Crippen LogP contribution is 2.14. The molecule has 1 nitrogen and oxygen atoms in total. The standard InChI is InChI=1S/C10H20O/c1-7(2)8(3)6-9(4)10(5)11/h6-8,10-11H,1-5H3/b9-6-. The molecular formula is C10H20O. The van der Waals surface area contributed by atoms with Gasteiger partial charge >= 0.3 is 0 Å². The van der Waals surface area contributed by atoms with Crippen molar-refractivity contribution in [3.05, 3.63) is 11.6 Å². The van der Waals surface area contributed by atoms with Crippen molar-refractivity contribution in [2.24, 2.45) is 11.8 Å². The summed E-state index contributed by atoms with van der Waals surface area (Å²) in [4.78, 5) is 0. The number of aliphatic hydroxyl groups is 1. The van der Waals surface area contributed by atoms with E-state index in [0.717, 1.165) is 5.57 Å². The summed E-state index contributed by atoms with van der Waals surface area (Å²) in [7, 11) is 0. The molecule has 0 bridgehead atoms. The second-order valence-electron chi connectivity index (χ2n) is 3.69. The Hall–Kier alpha value is -0.300. The van der Waals surface area contributed by atoms with Gasteiger partial charge in [0.2, 0.25) is 0 Å². The maximum Gasteiger partial charge on any atom is 0.0719 e. The first kappa shape index (κ1) is 10.7. The normalized spacial score (nSPS) is 18.6. The lowest BCUT2D eigenvalue weighted by molar-refractivity contribution is 0.230. The maximum absolute atomic E-state index is 9.18. The molecule has 2 unspecified atom stereocenters. The molecule has 1 N–H and O–H groups in total. The van der Waals surface area contributed by atoms with Crippen molar-refractivity contribution in [3.63, 3.8) is 0 Å². The monoisotopic (exact) mass is 156 g/mol. The molecule has 0 aliphatic rings. The third-order valence-corrected chi connectivity index (χ3v) is 2.24. The lowest BCUT2D eigenvalue weighted by atomic mass is 9.95. The average Bonchev–Trinajstić information content (AvgIpc) is 1.87. The second-order valence-corrected chi connectivity index (χ2v) is 3.69. The van der Waals surface area contributed by atoms with Crippen LogP contribution in [0.1, 0.15) is 34.6 Å². The van der Waals surface area contributed by atoms with Crippen molar-refractivity contribution < 1.29 is 5.11 Å². The van der Waals surface area contributed by atoms with Crippen molar-refractivity contribution in [1.29, 1.82) is 0 Å². The van der Waals surface area contributed by atoms with Gasteiger partial charge in [-0.15, -0.1) is 0 Å². The first-order chi connectivity index (χ1) is 4.95. The second kappa shape index (κ2) is 4.55. The summed E-state index contributed by atoms with van der Waals surface area (Å²) < 4.78 is 0. The predicted molar refractivity (Wildman–Crippen MR) is 49.4 cm³/mol. The lowest BCUT2D eigenvalue weighted by Gasteiger charge is -2.13. The molecule has 2 atom stereocenters. The molecule has 0 aromatic heterocycles. The van der Waals surface area contributed by atoms with E-state index in [1.165, 1.54) is 0 Å². The predicted octanol–water partition coefficient (Wildman–Crippen LogP) is 2.61. The van der Waals surface area contributed by atoms with E-state index in [1.807, 2.05) is 6.92 Å². The minimum absolute atomic E-state index is 0.295. The fourth-order valence-electron chi connectivity index (χ4n) is 0.746. The molecular weight excluding hydrogens is 136 g/mol. The van der Waals surface area contributed by atoms with Gasteiger partial charge < -0.3 is 5.11 Å². The van der Waals surface area contributed by atoms with Gasteiger partial charge in [-0.1, -0.05) is 26.8 Å². The number of allylic oxidation sites excluding steroid dienone is 1. The molecule has 0 spiro atoms. The third kappa shape index (κ3) is 4.20. The van der Waals surface area contributed by atoms with Crippen LogP contribution in [0.3, 0.4) is 0 Å². The van der Waals surface area contributed by atoms with E-state index in [2.05, 4.69) is 26.8 Å². The van der Waals surface area contributed by atoms with Crippen LogP contribution in [0.2, 0.25) is 0 Å². The van der Waals surface area contributed by atoms with E-state index >= 15 is 0 Å². The van der Waals surface area contributed by atoms with E-state index in [-0.39, 0.29) is 6.10 Å². The first-order valence-electron chi connectivity index (χ1n) is 4.31. The molecule has 66 valence electrons. The van der Waals surface area contributed by atoms with Crippen molar-refractivity contribution >= 4 is 0 Å². The summed E-state index contributed by atoms with van der Waals surface area (Å²) in [5, 5.41) is 9.18. The molecule has 1 heteroatoms. The summed E-state index contributed by atoms with van der Waals surface area (Å²) in [6, 6.07) is 0. The van der Waals surface area contributed by atoms with E-state index in [0.29, 0.717) is 11.8 Å². The van der Waals surface area contributed by atoms with Gasteiger partial charge in [-0.3, -0.25) is 0 Å². The quantitative estimate of drug-likeness (QED) is 0.623. The minimum atomic E-state index is -0.295. The summed E-state index contributed by atoms with van der Waals surface area (Å²) in [5.41, 5.74) is 1.08. The van der Waals surface area contributed by atoms with Crippen molar-refractivity contribution in [3.8, 4) is 0 Å². The Morgan fingerprint density at radius 1 is 1.18 bits per heavy atom. The van der Waals surface area contributed by atoms with Gasteiger partial charge in [-0.05, 0) is 31.3 Å². The third-order valence-electron chi connectivity index (χ3n) is 2.24. The first-order valence-corrected chi connectivity index (χ1v) is 4.31. The van der Waals surface area contributed by atoms with Gasteiger partial charge in [-0.25, -0.2) is 0 Å². The molecule has 0 rings (SSSR count). The highest BCUT2D eigenvalue weighted by molar-refractivity contribution is 5.05. The van der Waals surface area contributed by atoms with E-state index in [1.54, 1.807) is 6.92 Å². The highest BCUT2D eigenvalue weighted by atomic mass is 16.3. The zero-order valence-electron chi connectivity index (χ0n) is 8.26. The SMILES string of the molecule is C/C(=C/C(C)C(C)C)C(C)O. The smallest absolute Gasteiger partial charge is 0.0719 e. The molecule has 11 heavy (non-hydrogen) atoms. The molecule has 0 aromatic carbocycles. The van der Waals surface area contributed by atoms with Crippen LogP contribution < -0.4 is 0 Å². The topological polar surface area (TPSA) is 20.2 Å². The molecule has 0 aliphatic carbocycles. The molecule has 0 fully saturated rings. The van der Waals surface area contributed by atoms with Gasteiger partial charge in [0.05, 0.1) is 6.10 Å². The van der Waals surface area contributed by atoms with Crippen LogP contribution in [0.15, 0.2) is 11.6 Å². The van der Waals surface area contributed by atoms with Gasteiger partial charge in [0.1, 0.15) is 0 Å². The Morgan fingerprint density at radius 3 is 1.91 bits per heavy atom. The zero-order chi connectivity index (χ0) is 9.02. The van der Waals surface area contributed by atoms with Gasteiger partial charge in [-0.2, -0.15) is 0 Å². The van der Waals surface area contributed by atoms with Crippen LogP contribution in [0.4, 0.5) is 0 Å². The lowest BCUT2D eigenvalue weighted by Crippen LogP contribution is -2.06. The van der Waals surface area contributed by atoms with E-state index in [9.17, 15) is 5.11 Å². The molecule has 0 saturated heterocycles. The fraction of sp³-hybridized carbons (Fsp3) is 0.800. The number of aliphatic hydroxyl groups excluding tert-OH is 1. The van der Waals surface area contributed by atoms with Crippen LogP contribution in [0, 0.1) is 11.8 Å². The molecule has 0 aromatic rings.